The van der Waals surface area contributed by atoms with E-state index in [9.17, 15) is 4.79 Å². The third-order valence-electron chi connectivity index (χ3n) is 4.78. The summed E-state index contributed by atoms with van der Waals surface area (Å²) in [6.45, 7) is 5.03. The van der Waals surface area contributed by atoms with Crippen molar-refractivity contribution in [1.29, 1.82) is 0 Å². The van der Waals surface area contributed by atoms with E-state index in [4.69, 9.17) is 4.42 Å². The quantitative estimate of drug-likeness (QED) is 0.831. The molecule has 4 rings (SSSR count). The minimum atomic E-state index is 0.245. The zero-order valence-electron chi connectivity index (χ0n) is 14.5. The van der Waals surface area contributed by atoms with Crippen LogP contribution in [0.3, 0.4) is 0 Å². The third-order valence-corrected chi connectivity index (χ3v) is 4.78. The first-order valence-electron chi connectivity index (χ1n) is 9.07. The lowest BCUT2D eigenvalue weighted by atomic mass is 10.2. The van der Waals surface area contributed by atoms with Gasteiger partial charge in [-0.3, -0.25) is 4.79 Å². The number of nitrogens with zero attached hydrogens (tertiary/aromatic N) is 5. The number of pyridine rings is 1. The van der Waals surface area contributed by atoms with Crippen molar-refractivity contribution >= 4 is 11.7 Å². The van der Waals surface area contributed by atoms with E-state index in [1.807, 2.05) is 24.0 Å². The maximum absolute atomic E-state index is 12.1. The Bertz CT molecular complexity index is 747. The van der Waals surface area contributed by atoms with Gasteiger partial charge in [-0.1, -0.05) is 6.92 Å². The van der Waals surface area contributed by atoms with Crippen molar-refractivity contribution < 1.29 is 9.21 Å². The second kappa shape index (κ2) is 6.82. The minimum Gasteiger partial charge on any atom is -0.420 e. The zero-order valence-corrected chi connectivity index (χ0v) is 14.5. The number of carbonyl (C=O) groups is 1. The molecule has 0 bridgehead atoms. The highest BCUT2D eigenvalue weighted by Gasteiger charge is 2.30. The Morgan fingerprint density at radius 3 is 2.76 bits per heavy atom. The summed E-state index contributed by atoms with van der Waals surface area (Å²) in [7, 11) is 0. The van der Waals surface area contributed by atoms with Crippen LogP contribution in [0.5, 0.6) is 0 Å². The van der Waals surface area contributed by atoms with Gasteiger partial charge in [0, 0.05) is 44.7 Å². The molecule has 1 saturated heterocycles. The van der Waals surface area contributed by atoms with Crippen LogP contribution in [-0.4, -0.2) is 52.2 Å². The molecule has 1 aliphatic carbocycles. The lowest BCUT2D eigenvalue weighted by Crippen LogP contribution is -2.49. The fraction of sp³-hybridized carbons (Fsp3) is 0.556. The van der Waals surface area contributed by atoms with Crippen LogP contribution in [0.1, 0.15) is 44.4 Å². The van der Waals surface area contributed by atoms with Crippen molar-refractivity contribution in [3.8, 4) is 11.5 Å². The van der Waals surface area contributed by atoms with E-state index in [0.717, 1.165) is 62.7 Å². The van der Waals surface area contributed by atoms with E-state index in [2.05, 4.69) is 20.1 Å². The SMILES string of the molecule is CCCC(=O)N1CCN(c2ncccc2-c2nnc(C3CC3)o2)CC1. The van der Waals surface area contributed by atoms with E-state index in [-0.39, 0.29) is 5.91 Å². The standard InChI is InChI=1S/C18H23N5O2/c1-2-4-15(24)22-9-11-23(12-10-22)16-14(5-3-8-19-16)18-21-20-17(25-18)13-6-7-13/h3,5,8,13H,2,4,6-7,9-12H2,1H3. The fourth-order valence-electron chi connectivity index (χ4n) is 3.19. The second-order valence-electron chi connectivity index (χ2n) is 6.71. The molecule has 1 amide bonds. The monoisotopic (exact) mass is 341 g/mol. The number of anilines is 1. The van der Waals surface area contributed by atoms with Crippen molar-refractivity contribution in [2.45, 2.75) is 38.5 Å². The average molecular weight is 341 g/mol. The molecule has 0 radical (unpaired) electrons. The normalized spacial score (nSPS) is 17.8. The first-order chi connectivity index (χ1) is 12.3. The Kier molecular flexibility index (Phi) is 4.38. The number of hydrogen-bond donors (Lipinski definition) is 0. The summed E-state index contributed by atoms with van der Waals surface area (Å²) < 4.78 is 5.86. The fourth-order valence-corrected chi connectivity index (χ4v) is 3.19. The van der Waals surface area contributed by atoms with Crippen LogP contribution in [0.15, 0.2) is 22.7 Å². The molecule has 0 N–H and O–H groups in total. The first kappa shape index (κ1) is 16.1. The van der Waals surface area contributed by atoms with Crippen LogP contribution < -0.4 is 4.90 Å². The summed E-state index contributed by atoms with van der Waals surface area (Å²) in [4.78, 5) is 20.8. The molecular weight excluding hydrogens is 318 g/mol. The van der Waals surface area contributed by atoms with Gasteiger partial charge < -0.3 is 14.2 Å². The smallest absolute Gasteiger partial charge is 0.251 e. The van der Waals surface area contributed by atoms with Crippen LogP contribution in [-0.2, 0) is 4.79 Å². The predicted octanol–water partition coefficient (Wildman–Crippen LogP) is 2.46. The molecular formula is C18H23N5O2. The molecule has 25 heavy (non-hydrogen) atoms. The molecule has 3 heterocycles. The van der Waals surface area contributed by atoms with Crippen molar-refractivity contribution in [2.75, 3.05) is 31.1 Å². The van der Waals surface area contributed by atoms with Gasteiger partial charge in [-0.05, 0) is 31.4 Å². The van der Waals surface area contributed by atoms with E-state index in [1.54, 1.807) is 6.20 Å². The van der Waals surface area contributed by atoms with Gasteiger partial charge in [-0.15, -0.1) is 10.2 Å². The largest absolute Gasteiger partial charge is 0.420 e. The van der Waals surface area contributed by atoms with Crippen LogP contribution in [0.4, 0.5) is 5.82 Å². The topological polar surface area (TPSA) is 75.4 Å². The highest BCUT2D eigenvalue weighted by Crippen LogP contribution is 2.40. The minimum absolute atomic E-state index is 0.245. The molecule has 0 unspecified atom stereocenters. The van der Waals surface area contributed by atoms with Gasteiger partial charge in [0.15, 0.2) is 0 Å². The van der Waals surface area contributed by atoms with Gasteiger partial charge in [0.1, 0.15) is 5.82 Å². The second-order valence-corrected chi connectivity index (χ2v) is 6.71. The number of carbonyl (C=O) groups excluding carboxylic acids is 1. The predicted molar refractivity (Wildman–Crippen MR) is 93.2 cm³/mol. The van der Waals surface area contributed by atoms with E-state index < -0.39 is 0 Å². The van der Waals surface area contributed by atoms with Gasteiger partial charge in [0.2, 0.25) is 11.8 Å². The van der Waals surface area contributed by atoms with E-state index >= 15 is 0 Å². The molecule has 1 saturated carbocycles. The first-order valence-corrected chi connectivity index (χ1v) is 9.07. The number of hydrogen-bond acceptors (Lipinski definition) is 6. The van der Waals surface area contributed by atoms with Gasteiger partial charge in [0.05, 0.1) is 5.56 Å². The molecule has 2 aliphatic rings. The lowest BCUT2D eigenvalue weighted by Gasteiger charge is -2.36. The van der Waals surface area contributed by atoms with Crippen molar-refractivity contribution in [3.05, 3.63) is 24.2 Å². The lowest BCUT2D eigenvalue weighted by molar-refractivity contribution is -0.131. The average Bonchev–Trinajstić information content (AvgIpc) is 3.39. The summed E-state index contributed by atoms with van der Waals surface area (Å²) in [6.07, 6.45) is 5.57. The molecule has 7 nitrogen and oxygen atoms in total. The van der Waals surface area contributed by atoms with Crippen LogP contribution in [0, 0.1) is 0 Å². The van der Waals surface area contributed by atoms with E-state index in [0.29, 0.717) is 18.2 Å². The Labute approximate surface area is 147 Å². The highest BCUT2D eigenvalue weighted by atomic mass is 16.4. The van der Waals surface area contributed by atoms with Crippen LogP contribution in [0.2, 0.25) is 0 Å². The molecule has 132 valence electrons. The van der Waals surface area contributed by atoms with Gasteiger partial charge in [-0.2, -0.15) is 0 Å². The number of amides is 1. The zero-order chi connectivity index (χ0) is 17.2. The summed E-state index contributed by atoms with van der Waals surface area (Å²) in [5.74, 6) is 2.81. The van der Waals surface area contributed by atoms with Gasteiger partial charge >= 0.3 is 0 Å². The number of rotatable bonds is 5. The molecule has 1 aliphatic heterocycles. The van der Waals surface area contributed by atoms with Crippen LogP contribution in [0.25, 0.3) is 11.5 Å². The number of piperazine rings is 1. The van der Waals surface area contributed by atoms with Crippen molar-refractivity contribution in [3.63, 3.8) is 0 Å². The molecule has 0 atom stereocenters. The molecule has 2 fully saturated rings. The Morgan fingerprint density at radius 2 is 2.04 bits per heavy atom. The summed E-state index contributed by atoms with van der Waals surface area (Å²) in [5, 5.41) is 8.40. The number of aromatic nitrogens is 3. The van der Waals surface area contributed by atoms with Crippen LogP contribution >= 0.6 is 0 Å². The highest BCUT2D eigenvalue weighted by molar-refractivity contribution is 5.76. The van der Waals surface area contributed by atoms with Crippen molar-refractivity contribution in [1.82, 2.24) is 20.1 Å². The Hall–Kier alpha value is -2.44. The molecule has 2 aromatic heterocycles. The molecule has 7 heteroatoms. The van der Waals surface area contributed by atoms with Gasteiger partial charge in [0.25, 0.3) is 5.89 Å². The van der Waals surface area contributed by atoms with E-state index in [1.165, 1.54) is 0 Å². The maximum atomic E-state index is 12.1. The van der Waals surface area contributed by atoms with Gasteiger partial charge in [-0.25, -0.2) is 4.98 Å². The maximum Gasteiger partial charge on any atom is 0.251 e. The molecule has 0 aromatic carbocycles. The summed E-state index contributed by atoms with van der Waals surface area (Å²) >= 11 is 0. The molecule has 0 spiro atoms. The Balaban J connectivity index is 1.50. The third kappa shape index (κ3) is 3.36. The Morgan fingerprint density at radius 1 is 1.24 bits per heavy atom. The molecule has 2 aromatic rings. The van der Waals surface area contributed by atoms with Crippen molar-refractivity contribution in [2.24, 2.45) is 0 Å². The summed E-state index contributed by atoms with van der Waals surface area (Å²) in [5.41, 5.74) is 0.871. The summed E-state index contributed by atoms with van der Waals surface area (Å²) in [6, 6.07) is 3.86.